The monoisotopic (exact) mass is 838 g/mol. The van der Waals surface area contributed by atoms with Gasteiger partial charge in [0, 0.05) is 33.5 Å². The van der Waals surface area contributed by atoms with E-state index < -0.39 is 5.41 Å². The van der Waals surface area contributed by atoms with Crippen LogP contribution in [0.4, 0.5) is 17.1 Å². The number of aryl methyl sites for hydroxylation is 1. The number of rotatable bonds is 11. The number of ether oxygens (including phenoxy) is 1. The summed E-state index contributed by atoms with van der Waals surface area (Å²) in [4.78, 5) is 2.36. The Hall–Kier alpha value is -7.88. The first kappa shape index (κ1) is 39.9. The number of hydrogen-bond donors (Lipinski definition) is 0. The van der Waals surface area contributed by atoms with Crippen LogP contribution in [0, 0.1) is 0 Å². The molecule has 0 N–H and O–H groups in total. The molecule has 11 rings (SSSR count). The molecule has 0 unspecified atom stereocenters. The van der Waals surface area contributed by atoms with Gasteiger partial charge in [-0.15, -0.1) is 0 Å². The van der Waals surface area contributed by atoms with Crippen molar-refractivity contribution in [3.05, 3.63) is 252 Å². The number of anilines is 3. The number of hydrogen-bond acceptors (Lipinski definition) is 2. The molecule has 0 amide bonds. The van der Waals surface area contributed by atoms with Gasteiger partial charge >= 0.3 is 0 Å². The van der Waals surface area contributed by atoms with E-state index >= 15 is 0 Å². The lowest BCUT2D eigenvalue weighted by atomic mass is 9.67. The molecule has 0 atom stereocenters. The standard InChI is InChI=1S/C62H50N2O/c1-4-6-27-59-52(5-2)56-24-11-14-28-61(56)64(59)50-34-30-43(31-35-50)45-19-15-20-47(42-45)62(57-25-12-9-22-54(57)55-23-10-13-26-58(55)62)46-32-36-48(37-33-46)63(49-38-40-51(65-3)41-39-49)60-29-16-18-44-17-7-8-21-53(44)60/h6-42H,4-5H2,1-3H3/b27-6-. The molecule has 9 aromatic carbocycles. The van der Waals surface area contributed by atoms with Gasteiger partial charge in [0.1, 0.15) is 5.75 Å². The number of benzene rings is 9. The van der Waals surface area contributed by atoms with Crippen molar-refractivity contribution >= 4 is 44.8 Å². The van der Waals surface area contributed by atoms with Gasteiger partial charge in [-0.1, -0.05) is 166 Å². The normalized spacial score (nSPS) is 12.7. The zero-order valence-corrected chi connectivity index (χ0v) is 37.1. The molecule has 314 valence electrons. The molecule has 3 nitrogen and oxygen atoms in total. The predicted molar refractivity (Wildman–Crippen MR) is 273 cm³/mol. The molecule has 0 spiro atoms. The molecule has 1 heterocycles. The lowest BCUT2D eigenvalue weighted by Gasteiger charge is -2.35. The summed E-state index contributed by atoms with van der Waals surface area (Å²) in [6.07, 6.45) is 6.55. The van der Waals surface area contributed by atoms with Crippen molar-refractivity contribution in [3.8, 4) is 33.7 Å². The fourth-order valence-corrected chi connectivity index (χ4v) is 10.6. The lowest BCUT2D eigenvalue weighted by molar-refractivity contribution is 0.415. The Morgan fingerprint density at radius 2 is 1.15 bits per heavy atom. The average molecular weight is 839 g/mol. The SMILES string of the molecule is CC/C=C\c1c(CC)c2ccccc2n1-c1ccc(-c2cccc(C3(c4ccc(N(c5ccc(OC)cc5)c5cccc6ccccc56)cc4)c4ccccc4-c4ccccc43)c2)cc1. The van der Waals surface area contributed by atoms with E-state index in [1.54, 1.807) is 7.11 Å². The Morgan fingerprint density at radius 1 is 0.538 bits per heavy atom. The van der Waals surface area contributed by atoms with E-state index in [1.165, 1.54) is 83.1 Å². The fourth-order valence-electron chi connectivity index (χ4n) is 10.6. The molecule has 65 heavy (non-hydrogen) atoms. The van der Waals surface area contributed by atoms with Gasteiger partial charge in [0.05, 0.1) is 23.7 Å². The van der Waals surface area contributed by atoms with Gasteiger partial charge in [0.2, 0.25) is 0 Å². The highest BCUT2D eigenvalue weighted by Crippen LogP contribution is 2.56. The number of para-hydroxylation sites is 1. The second-order valence-corrected chi connectivity index (χ2v) is 16.9. The first-order chi connectivity index (χ1) is 32.1. The fraction of sp³-hybridized carbons (Fsp3) is 0.0968. The first-order valence-corrected chi connectivity index (χ1v) is 22.8. The van der Waals surface area contributed by atoms with Crippen molar-refractivity contribution in [2.24, 2.45) is 0 Å². The summed E-state index contributed by atoms with van der Waals surface area (Å²) >= 11 is 0. The molecule has 0 aliphatic heterocycles. The minimum atomic E-state index is -0.562. The van der Waals surface area contributed by atoms with Crippen molar-refractivity contribution in [1.82, 2.24) is 4.57 Å². The highest BCUT2D eigenvalue weighted by atomic mass is 16.5. The zero-order chi connectivity index (χ0) is 43.9. The van der Waals surface area contributed by atoms with E-state index in [4.69, 9.17) is 4.74 Å². The van der Waals surface area contributed by atoms with Gasteiger partial charge in [-0.25, -0.2) is 0 Å². The van der Waals surface area contributed by atoms with E-state index in [9.17, 15) is 0 Å². The molecule has 0 saturated carbocycles. The number of fused-ring (bicyclic) bond motifs is 5. The summed E-state index contributed by atoms with van der Waals surface area (Å²) in [5.41, 5.74) is 17.7. The van der Waals surface area contributed by atoms with Crippen LogP contribution in [0.15, 0.2) is 218 Å². The van der Waals surface area contributed by atoms with Crippen LogP contribution in [-0.4, -0.2) is 11.7 Å². The van der Waals surface area contributed by atoms with E-state index in [2.05, 4.69) is 236 Å². The minimum absolute atomic E-state index is 0.562. The Bertz CT molecular complexity index is 3320. The van der Waals surface area contributed by atoms with E-state index in [-0.39, 0.29) is 0 Å². The highest BCUT2D eigenvalue weighted by molar-refractivity contribution is 5.99. The molecule has 0 fully saturated rings. The number of allylic oxidation sites excluding steroid dienone is 1. The van der Waals surface area contributed by atoms with Gasteiger partial charge in [0.15, 0.2) is 0 Å². The van der Waals surface area contributed by atoms with Crippen molar-refractivity contribution in [2.45, 2.75) is 32.1 Å². The predicted octanol–water partition coefficient (Wildman–Crippen LogP) is 16.3. The Labute approximate surface area is 382 Å². The van der Waals surface area contributed by atoms with Crippen LogP contribution in [0.3, 0.4) is 0 Å². The summed E-state index contributed by atoms with van der Waals surface area (Å²) in [5, 5.41) is 3.71. The van der Waals surface area contributed by atoms with Crippen molar-refractivity contribution in [2.75, 3.05) is 12.0 Å². The maximum Gasteiger partial charge on any atom is 0.119 e. The third kappa shape index (κ3) is 6.57. The van der Waals surface area contributed by atoms with Crippen LogP contribution in [0.1, 0.15) is 53.8 Å². The largest absolute Gasteiger partial charge is 0.497 e. The van der Waals surface area contributed by atoms with Gasteiger partial charge in [-0.3, -0.25) is 0 Å². The molecule has 10 aromatic rings. The first-order valence-electron chi connectivity index (χ1n) is 22.8. The van der Waals surface area contributed by atoms with E-state index in [1.807, 2.05) is 12.1 Å². The molecular weight excluding hydrogens is 789 g/mol. The maximum atomic E-state index is 5.59. The van der Waals surface area contributed by atoms with Gasteiger partial charge in [-0.05, 0) is 141 Å². The third-order valence-corrected chi connectivity index (χ3v) is 13.5. The maximum absolute atomic E-state index is 5.59. The summed E-state index contributed by atoms with van der Waals surface area (Å²) in [5.74, 6) is 0.828. The van der Waals surface area contributed by atoms with Crippen molar-refractivity contribution in [1.29, 1.82) is 0 Å². The van der Waals surface area contributed by atoms with Crippen LogP contribution in [-0.2, 0) is 11.8 Å². The number of aromatic nitrogens is 1. The second kappa shape index (κ2) is 16.7. The molecule has 3 heteroatoms. The minimum Gasteiger partial charge on any atom is -0.497 e. The molecule has 0 bridgehead atoms. The Morgan fingerprint density at radius 3 is 1.85 bits per heavy atom. The van der Waals surface area contributed by atoms with Crippen LogP contribution < -0.4 is 9.64 Å². The Balaban J connectivity index is 1.05. The van der Waals surface area contributed by atoms with Crippen molar-refractivity contribution < 1.29 is 4.74 Å². The summed E-state index contributed by atoms with van der Waals surface area (Å²) < 4.78 is 8.02. The molecule has 0 radical (unpaired) electrons. The smallest absolute Gasteiger partial charge is 0.119 e. The Kier molecular flexibility index (Phi) is 10.2. The molecule has 1 aliphatic carbocycles. The summed E-state index contributed by atoms with van der Waals surface area (Å²) in [7, 11) is 1.71. The number of nitrogens with zero attached hydrogens (tertiary/aromatic N) is 2. The second-order valence-electron chi connectivity index (χ2n) is 16.9. The zero-order valence-electron chi connectivity index (χ0n) is 37.1. The van der Waals surface area contributed by atoms with E-state index in [0.29, 0.717) is 0 Å². The molecule has 1 aromatic heterocycles. The highest BCUT2D eigenvalue weighted by Gasteiger charge is 2.46. The van der Waals surface area contributed by atoms with Crippen LogP contribution in [0.25, 0.3) is 55.7 Å². The quantitative estimate of drug-likeness (QED) is 0.129. The average Bonchev–Trinajstić information content (AvgIpc) is 3.86. The topological polar surface area (TPSA) is 17.4 Å². The van der Waals surface area contributed by atoms with Crippen LogP contribution >= 0.6 is 0 Å². The van der Waals surface area contributed by atoms with Crippen LogP contribution in [0.5, 0.6) is 5.75 Å². The molecule has 1 aliphatic rings. The van der Waals surface area contributed by atoms with E-state index in [0.717, 1.165) is 35.7 Å². The molecule has 0 saturated heterocycles. The lowest BCUT2D eigenvalue weighted by Crippen LogP contribution is -2.28. The van der Waals surface area contributed by atoms with Gasteiger partial charge in [0.25, 0.3) is 0 Å². The van der Waals surface area contributed by atoms with Crippen molar-refractivity contribution in [3.63, 3.8) is 0 Å². The van der Waals surface area contributed by atoms with Crippen LogP contribution in [0.2, 0.25) is 0 Å². The third-order valence-electron chi connectivity index (χ3n) is 13.5. The number of methoxy groups -OCH3 is 1. The molecular formula is C62H50N2O. The van der Waals surface area contributed by atoms with Gasteiger partial charge < -0.3 is 14.2 Å². The van der Waals surface area contributed by atoms with Gasteiger partial charge in [-0.2, -0.15) is 0 Å². The summed E-state index contributed by atoms with van der Waals surface area (Å²) in [6.45, 7) is 4.46. The summed E-state index contributed by atoms with van der Waals surface area (Å²) in [6, 6.07) is 78.1.